The molecule has 134 valence electrons. The molecule has 0 rings (SSSR count). The van der Waals surface area contributed by atoms with Gasteiger partial charge in [-0.3, -0.25) is 0 Å². The van der Waals surface area contributed by atoms with Crippen LogP contribution in [0.3, 0.4) is 0 Å². The predicted molar refractivity (Wildman–Crippen MR) is 109 cm³/mol. The van der Waals surface area contributed by atoms with Gasteiger partial charge in [0.05, 0.1) is 0 Å². The molecule has 0 saturated carbocycles. The molecule has 0 amide bonds. The summed E-state index contributed by atoms with van der Waals surface area (Å²) in [7, 11) is 0. The summed E-state index contributed by atoms with van der Waals surface area (Å²) in [6, 6.07) is 0. The van der Waals surface area contributed by atoms with E-state index in [2.05, 4.69) is 32.6 Å². The second kappa shape index (κ2) is 19.0. The second-order valence-corrected chi connectivity index (χ2v) is 20.2. The Morgan fingerprint density at radius 2 is 1.32 bits per heavy atom. The van der Waals surface area contributed by atoms with Crippen LogP contribution in [0.4, 0.5) is 0 Å². The van der Waals surface area contributed by atoms with Crippen molar-refractivity contribution >= 4 is 48.6 Å². The van der Waals surface area contributed by atoms with Crippen LogP contribution in [0, 0.1) is 0 Å². The Bertz CT molecular complexity index is 240. The van der Waals surface area contributed by atoms with E-state index in [4.69, 9.17) is 4.52 Å². The number of hydrogen-bond donors (Lipinski definition) is 0. The van der Waals surface area contributed by atoms with E-state index in [1.807, 2.05) is 6.92 Å². The van der Waals surface area contributed by atoms with Crippen molar-refractivity contribution in [1.82, 2.24) is 0 Å². The molecule has 0 saturated heterocycles. The van der Waals surface area contributed by atoms with Gasteiger partial charge in [0.15, 0.2) is 0 Å². The molecule has 6 heteroatoms. The van der Waals surface area contributed by atoms with Crippen LogP contribution in [-0.2, 0) is 16.3 Å². The minimum Gasteiger partial charge on any atom is -0.793 e. The summed E-state index contributed by atoms with van der Waals surface area (Å²) in [5.74, 6) is 0.751. The van der Waals surface area contributed by atoms with Crippen molar-refractivity contribution in [3.8, 4) is 0 Å². The quantitative estimate of drug-likeness (QED) is 0.233. The van der Waals surface area contributed by atoms with Crippen molar-refractivity contribution < 1.29 is 9.42 Å². The van der Waals surface area contributed by atoms with Gasteiger partial charge in [-0.2, -0.15) is 0 Å². The fourth-order valence-corrected chi connectivity index (χ4v) is 14.9. The zero-order valence-electron chi connectivity index (χ0n) is 15.4. The summed E-state index contributed by atoms with van der Waals surface area (Å²) in [6.45, 7) is 11.1. The van der Waals surface area contributed by atoms with Gasteiger partial charge in [0.25, 0.3) is 0 Å². The van der Waals surface area contributed by atoms with Crippen molar-refractivity contribution in [2.45, 2.75) is 86.5 Å². The van der Waals surface area contributed by atoms with E-state index in [1.54, 1.807) is 20.2 Å². The first-order chi connectivity index (χ1) is 10.5. The zero-order chi connectivity index (χ0) is 17.3. The molecule has 0 aromatic rings. The minimum absolute atomic E-state index is 0.438. The average Bonchev–Trinajstić information content (AvgIpc) is 2.47. The molecule has 0 N–H and O–H groups in total. The van der Waals surface area contributed by atoms with Crippen molar-refractivity contribution in [3.63, 3.8) is 0 Å². The Labute approximate surface area is 156 Å². The number of unbranched alkanes of at least 4 members (excludes halogenated alkanes) is 3. The first-order valence-corrected chi connectivity index (χ1v) is 19.2. The summed E-state index contributed by atoms with van der Waals surface area (Å²) >= 11 is 5.00. The van der Waals surface area contributed by atoms with Crippen molar-refractivity contribution in [2.75, 3.05) is 12.4 Å². The van der Waals surface area contributed by atoms with Crippen LogP contribution in [0.5, 0.6) is 0 Å². The third-order valence-electron chi connectivity index (χ3n) is 3.23. The Hall–Kier alpha value is 1.72. The van der Waals surface area contributed by atoms with Crippen LogP contribution in [0.2, 0.25) is 13.3 Å². The normalized spacial score (nSPS) is 13.2. The third kappa shape index (κ3) is 19.8. The van der Waals surface area contributed by atoms with E-state index in [-0.39, 0.29) is 0 Å². The van der Waals surface area contributed by atoms with E-state index < -0.39 is 25.5 Å². The van der Waals surface area contributed by atoms with Crippen LogP contribution in [-0.4, -0.2) is 32.1 Å². The largest absolute Gasteiger partial charge is 0.793 e. The molecule has 0 aliphatic heterocycles. The van der Waals surface area contributed by atoms with Gasteiger partial charge in [0, 0.05) is 12.3 Å². The van der Waals surface area contributed by atoms with E-state index in [9.17, 15) is 4.89 Å². The van der Waals surface area contributed by atoms with Gasteiger partial charge in [-0.1, -0.05) is 18.7 Å². The molecular formula is C16H37O2PS2Sn. The molecule has 0 radical (unpaired) electrons. The van der Waals surface area contributed by atoms with Crippen LogP contribution in [0.1, 0.15) is 73.1 Å². The van der Waals surface area contributed by atoms with Crippen LogP contribution in [0.25, 0.3) is 0 Å². The standard InChI is InChI=1S/C4H11O2PS2.3C4H9.Sn/c1-3-6-7(5,8)9-4-2;3*1-3-4-2;/h3-4H2,1-2H3,(H,5,8);3*1,3-4H2,2H3;/q;;;;+1/p-1. The topological polar surface area (TPSA) is 32.3 Å². The van der Waals surface area contributed by atoms with Crippen molar-refractivity contribution in [1.29, 1.82) is 0 Å². The van der Waals surface area contributed by atoms with Gasteiger partial charge in [-0.15, -0.1) is 11.4 Å². The maximum atomic E-state index is 11.0. The Kier molecular flexibility index (Phi) is 22.5. The molecule has 1 unspecified atom stereocenters. The van der Waals surface area contributed by atoms with Gasteiger partial charge in [0.1, 0.15) is 0 Å². The smallest absolute Gasteiger partial charge is 0.0485 e. The first-order valence-electron chi connectivity index (χ1n) is 8.90. The summed E-state index contributed by atoms with van der Waals surface area (Å²) in [5.41, 5.74) is -2.69. The molecule has 22 heavy (non-hydrogen) atoms. The number of hydrogen-bond acceptors (Lipinski definition) is 4. The van der Waals surface area contributed by atoms with E-state index in [0.717, 1.165) is 5.75 Å². The molecule has 1 atom stereocenters. The molecule has 0 aromatic heterocycles. The van der Waals surface area contributed by atoms with Gasteiger partial charge >= 0.3 is 92.4 Å². The van der Waals surface area contributed by atoms with Crippen molar-refractivity contribution in [3.05, 3.63) is 0 Å². The van der Waals surface area contributed by atoms with Crippen molar-refractivity contribution in [2.24, 2.45) is 0 Å². The van der Waals surface area contributed by atoms with Gasteiger partial charge in [-0.05, 0) is 12.7 Å². The second-order valence-electron chi connectivity index (χ2n) is 5.34. The summed E-state index contributed by atoms with van der Waals surface area (Å²) < 4.78 is 9.84. The van der Waals surface area contributed by atoms with Crippen LogP contribution < -0.4 is 4.89 Å². The monoisotopic (exact) mass is 476 g/mol. The summed E-state index contributed by atoms with van der Waals surface area (Å²) in [4.78, 5) is 11.0. The molecular weight excluding hydrogens is 438 g/mol. The number of rotatable bonds is 13. The minimum atomic E-state index is -2.69. The Morgan fingerprint density at radius 1 is 0.909 bits per heavy atom. The molecule has 0 bridgehead atoms. The fourth-order valence-electron chi connectivity index (χ4n) is 2.01. The third-order valence-corrected chi connectivity index (χ3v) is 16.8. The predicted octanol–water partition coefficient (Wildman–Crippen LogP) is 6.24. The molecule has 0 heterocycles. The average molecular weight is 475 g/mol. The first kappa shape index (κ1) is 26.0. The molecule has 2 nitrogen and oxygen atoms in total. The molecule has 0 aliphatic rings. The fraction of sp³-hybridized carbons (Fsp3) is 1.00. The van der Waals surface area contributed by atoms with E-state index in [0.29, 0.717) is 6.61 Å². The van der Waals surface area contributed by atoms with E-state index >= 15 is 0 Å². The summed E-state index contributed by atoms with van der Waals surface area (Å²) in [6.07, 6.45) is 8.85. The zero-order valence-corrected chi connectivity index (χ0v) is 20.7. The maximum Gasteiger partial charge on any atom is 0.0485 e. The molecule has 0 fully saturated rings. The van der Waals surface area contributed by atoms with E-state index in [1.165, 1.54) is 49.9 Å². The Balaban J connectivity index is 0. The maximum absolute atomic E-state index is 11.0. The van der Waals surface area contributed by atoms with Gasteiger partial charge in [0.2, 0.25) is 0 Å². The van der Waals surface area contributed by atoms with Gasteiger partial charge in [-0.25, -0.2) is 0 Å². The molecule has 0 aromatic carbocycles. The summed E-state index contributed by atoms with van der Waals surface area (Å²) in [5, 5.41) is 0. The van der Waals surface area contributed by atoms with Gasteiger partial charge < -0.3 is 9.42 Å². The SMILES string of the molecule is CCC[CH2][Sn+]([CH2]CCC)[CH2]CCC.CCOP([O-])(=S)SCC. The Morgan fingerprint density at radius 3 is 1.59 bits per heavy atom. The van der Waals surface area contributed by atoms with Crippen LogP contribution in [0.15, 0.2) is 0 Å². The molecule has 0 spiro atoms. The van der Waals surface area contributed by atoms with Crippen LogP contribution >= 0.6 is 17.1 Å². The molecule has 0 aliphatic carbocycles.